The maximum Gasteiger partial charge on any atom is 0.219 e. The van der Waals surface area contributed by atoms with Crippen LogP contribution >= 0.6 is 15.9 Å². The molecule has 0 aromatic carbocycles. The van der Waals surface area contributed by atoms with Gasteiger partial charge in [-0.3, -0.25) is 4.79 Å². The van der Waals surface area contributed by atoms with Crippen LogP contribution < -0.4 is 4.90 Å². The molecule has 5 nitrogen and oxygen atoms in total. The Morgan fingerprint density at radius 2 is 2.10 bits per heavy atom. The highest BCUT2D eigenvalue weighted by Crippen LogP contribution is 2.19. The van der Waals surface area contributed by atoms with Gasteiger partial charge in [-0.15, -0.1) is 0 Å². The van der Waals surface area contributed by atoms with Gasteiger partial charge in [-0.25, -0.2) is 9.97 Å². The number of rotatable bonds is 3. The molecular weight excluding hydrogens is 320 g/mol. The van der Waals surface area contributed by atoms with Crippen LogP contribution in [0.5, 0.6) is 0 Å². The number of aromatic nitrogens is 2. The topological polar surface area (TPSA) is 49.3 Å². The Hall–Kier alpha value is -1.17. The number of aryl methyl sites for hydroxylation is 1. The minimum absolute atomic E-state index is 0.155. The van der Waals surface area contributed by atoms with E-state index in [9.17, 15) is 4.79 Å². The standard InChI is InChI=1S/C14H21BrN4O/c1-3-5-13-16-12(15)10-14(17-13)19-7-4-6-18(8-9-19)11(2)20/h10H,3-9H2,1-2H3. The normalized spacial score (nSPS) is 16.1. The van der Waals surface area contributed by atoms with Gasteiger partial charge in [0, 0.05) is 45.6 Å². The second kappa shape index (κ2) is 7.02. The quantitative estimate of drug-likeness (QED) is 0.792. The summed E-state index contributed by atoms with van der Waals surface area (Å²) in [5.74, 6) is 1.99. The van der Waals surface area contributed by atoms with E-state index in [0.717, 1.165) is 61.7 Å². The first-order valence-corrected chi connectivity index (χ1v) is 7.93. The molecule has 0 N–H and O–H groups in total. The van der Waals surface area contributed by atoms with Crippen molar-refractivity contribution in [1.82, 2.24) is 14.9 Å². The van der Waals surface area contributed by atoms with Crippen molar-refractivity contribution >= 4 is 27.7 Å². The first-order valence-electron chi connectivity index (χ1n) is 7.14. The summed E-state index contributed by atoms with van der Waals surface area (Å²) in [4.78, 5) is 24.7. The molecule has 0 spiro atoms. The van der Waals surface area contributed by atoms with Crippen LogP contribution in [0.4, 0.5) is 5.82 Å². The largest absolute Gasteiger partial charge is 0.355 e. The Bertz CT molecular complexity index is 480. The van der Waals surface area contributed by atoms with Crippen molar-refractivity contribution in [2.24, 2.45) is 0 Å². The van der Waals surface area contributed by atoms with Gasteiger partial charge in [0.15, 0.2) is 0 Å². The van der Waals surface area contributed by atoms with Crippen molar-refractivity contribution in [3.63, 3.8) is 0 Å². The van der Waals surface area contributed by atoms with Crippen molar-refractivity contribution in [1.29, 1.82) is 0 Å². The third-order valence-corrected chi connectivity index (χ3v) is 3.87. The molecule has 110 valence electrons. The van der Waals surface area contributed by atoms with Crippen LogP contribution in [-0.2, 0) is 11.2 Å². The molecule has 6 heteroatoms. The highest BCUT2D eigenvalue weighted by atomic mass is 79.9. The summed E-state index contributed by atoms with van der Waals surface area (Å²) in [6.45, 7) is 7.12. The second-order valence-electron chi connectivity index (χ2n) is 5.06. The summed E-state index contributed by atoms with van der Waals surface area (Å²) in [5.41, 5.74) is 0. The van der Waals surface area contributed by atoms with Crippen LogP contribution in [-0.4, -0.2) is 47.0 Å². The highest BCUT2D eigenvalue weighted by molar-refractivity contribution is 9.10. The molecule has 1 aliphatic rings. The molecule has 1 aliphatic heterocycles. The molecule has 1 fully saturated rings. The van der Waals surface area contributed by atoms with Gasteiger partial charge in [0.1, 0.15) is 16.2 Å². The lowest BCUT2D eigenvalue weighted by Crippen LogP contribution is -2.34. The molecule has 1 amide bonds. The van der Waals surface area contributed by atoms with E-state index in [0.29, 0.717) is 0 Å². The lowest BCUT2D eigenvalue weighted by atomic mass is 10.3. The summed E-state index contributed by atoms with van der Waals surface area (Å²) in [7, 11) is 0. The molecule has 2 heterocycles. The van der Waals surface area contributed by atoms with E-state index >= 15 is 0 Å². The molecule has 0 radical (unpaired) electrons. The first kappa shape index (κ1) is 15.2. The zero-order valence-electron chi connectivity index (χ0n) is 12.1. The molecule has 0 unspecified atom stereocenters. The zero-order chi connectivity index (χ0) is 14.5. The van der Waals surface area contributed by atoms with Crippen molar-refractivity contribution in [2.75, 3.05) is 31.1 Å². The molecule has 1 aromatic heterocycles. The van der Waals surface area contributed by atoms with Crippen LogP contribution in [0.2, 0.25) is 0 Å². The van der Waals surface area contributed by atoms with Gasteiger partial charge < -0.3 is 9.80 Å². The van der Waals surface area contributed by atoms with Crippen LogP contribution in [0, 0.1) is 0 Å². The van der Waals surface area contributed by atoms with Crippen LogP contribution in [0.1, 0.15) is 32.5 Å². The molecular formula is C14H21BrN4O. The van der Waals surface area contributed by atoms with E-state index in [-0.39, 0.29) is 5.91 Å². The molecule has 0 bridgehead atoms. The van der Waals surface area contributed by atoms with Crippen molar-refractivity contribution < 1.29 is 4.79 Å². The van der Waals surface area contributed by atoms with E-state index in [2.05, 4.69) is 37.7 Å². The first-order chi connectivity index (χ1) is 9.60. The Morgan fingerprint density at radius 3 is 2.80 bits per heavy atom. The summed E-state index contributed by atoms with van der Waals surface area (Å²) in [5, 5.41) is 0. The van der Waals surface area contributed by atoms with Crippen LogP contribution in [0.25, 0.3) is 0 Å². The number of anilines is 1. The summed E-state index contributed by atoms with van der Waals surface area (Å²) in [6, 6.07) is 1.96. The molecule has 1 aromatic rings. The van der Waals surface area contributed by atoms with E-state index in [1.54, 1.807) is 6.92 Å². The third kappa shape index (κ3) is 3.91. The van der Waals surface area contributed by atoms with Gasteiger partial charge in [0.2, 0.25) is 5.91 Å². The number of hydrogen-bond donors (Lipinski definition) is 0. The van der Waals surface area contributed by atoms with Gasteiger partial charge in [-0.2, -0.15) is 0 Å². The molecule has 20 heavy (non-hydrogen) atoms. The summed E-state index contributed by atoms with van der Waals surface area (Å²) in [6.07, 6.45) is 2.90. The Balaban J connectivity index is 2.12. The smallest absolute Gasteiger partial charge is 0.219 e. The number of carbonyl (C=O) groups is 1. The Kier molecular flexibility index (Phi) is 5.34. The van der Waals surface area contributed by atoms with Crippen LogP contribution in [0.3, 0.4) is 0 Å². The monoisotopic (exact) mass is 340 g/mol. The van der Waals surface area contributed by atoms with Gasteiger partial charge in [0.05, 0.1) is 0 Å². The van der Waals surface area contributed by atoms with E-state index in [4.69, 9.17) is 0 Å². The van der Waals surface area contributed by atoms with Crippen molar-refractivity contribution in [3.05, 3.63) is 16.5 Å². The van der Waals surface area contributed by atoms with Gasteiger partial charge in [0.25, 0.3) is 0 Å². The Morgan fingerprint density at radius 1 is 1.30 bits per heavy atom. The van der Waals surface area contributed by atoms with Crippen LogP contribution in [0.15, 0.2) is 10.7 Å². The van der Waals surface area contributed by atoms with Crippen molar-refractivity contribution in [3.8, 4) is 0 Å². The average Bonchev–Trinajstić information content (AvgIpc) is 2.64. The van der Waals surface area contributed by atoms with Crippen molar-refractivity contribution in [2.45, 2.75) is 33.1 Å². The molecule has 1 saturated heterocycles. The summed E-state index contributed by atoms with van der Waals surface area (Å²) < 4.78 is 0.832. The molecule has 0 saturated carbocycles. The third-order valence-electron chi connectivity index (χ3n) is 3.47. The predicted octanol–water partition coefficient (Wildman–Crippen LogP) is 2.25. The maximum absolute atomic E-state index is 11.5. The SMILES string of the molecule is CCCc1nc(Br)cc(N2CCCN(C(C)=O)CC2)n1. The highest BCUT2D eigenvalue weighted by Gasteiger charge is 2.18. The molecule has 0 atom stereocenters. The predicted molar refractivity (Wildman–Crippen MR) is 82.8 cm³/mol. The fourth-order valence-electron chi connectivity index (χ4n) is 2.41. The summed E-state index contributed by atoms with van der Waals surface area (Å²) >= 11 is 3.46. The number of amides is 1. The van der Waals surface area contributed by atoms with Gasteiger partial charge >= 0.3 is 0 Å². The minimum Gasteiger partial charge on any atom is -0.355 e. The second-order valence-corrected chi connectivity index (χ2v) is 5.87. The number of nitrogens with zero attached hydrogens (tertiary/aromatic N) is 4. The maximum atomic E-state index is 11.5. The lowest BCUT2D eigenvalue weighted by Gasteiger charge is -2.22. The van der Waals surface area contributed by atoms with E-state index < -0.39 is 0 Å². The molecule has 2 rings (SSSR count). The fraction of sp³-hybridized carbons (Fsp3) is 0.643. The van der Waals surface area contributed by atoms with E-state index in [1.807, 2.05) is 11.0 Å². The molecule has 0 aliphatic carbocycles. The number of halogens is 1. The Labute approximate surface area is 128 Å². The lowest BCUT2D eigenvalue weighted by molar-refractivity contribution is -0.128. The van der Waals surface area contributed by atoms with Gasteiger partial charge in [-0.1, -0.05) is 6.92 Å². The number of hydrogen-bond acceptors (Lipinski definition) is 4. The number of carbonyl (C=O) groups excluding carboxylic acids is 1. The average molecular weight is 341 g/mol. The fourth-order valence-corrected chi connectivity index (χ4v) is 2.82. The minimum atomic E-state index is 0.155. The zero-order valence-corrected chi connectivity index (χ0v) is 13.7. The van der Waals surface area contributed by atoms with E-state index in [1.165, 1.54) is 0 Å². The van der Waals surface area contributed by atoms with Gasteiger partial charge in [-0.05, 0) is 28.8 Å².